The fraction of sp³-hybridized carbons (Fsp3) is 0.545. The summed E-state index contributed by atoms with van der Waals surface area (Å²) in [7, 11) is 0. The molecule has 15 heavy (non-hydrogen) atoms. The van der Waals surface area contributed by atoms with Crippen molar-refractivity contribution in [3.8, 4) is 0 Å². The summed E-state index contributed by atoms with van der Waals surface area (Å²) < 4.78 is 0. The fourth-order valence-corrected chi connectivity index (χ4v) is 2.12. The van der Waals surface area contributed by atoms with Crippen LogP contribution in [0, 0.1) is 11.8 Å². The molecule has 3 unspecified atom stereocenters. The molecule has 1 aliphatic rings. The minimum absolute atomic E-state index is 0.363. The number of pyridine rings is 1. The highest BCUT2D eigenvalue weighted by Crippen LogP contribution is 2.41. The maximum absolute atomic E-state index is 5.63. The maximum atomic E-state index is 5.63. The third-order valence-corrected chi connectivity index (χ3v) is 3.20. The van der Waals surface area contributed by atoms with Gasteiger partial charge < -0.3 is 5.73 Å². The van der Waals surface area contributed by atoms with Gasteiger partial charge in [0.05, 0.1) is 0 Å². The molecule has 0 saturated heterocycles. The van der Waals surface area contributed by atoms with Crippen LogP contribution in [0.2, 0.25) is 0 Å². The smallest absolute Gasteiger partial charge is 0.123 e. The van der Waals surface area contributed by atoms with E-state index in [9.17, 15) is 0 Å². The molecule has 4 nitrogen and oxygen atoms in total. The maximum Gasteiger partial charge on any atom is 0.123 e. The van der Waals surface area contributed by atoms with Gasteiger partial charge in [0.15, 0.2) is 0 Å². The highest BCUT2D eigenvalue weighted by Gasteiger charge is 2.38. The van der Waals surface area contributed by atoms with E-state index in [1.54, 1.807) is 6.20 Å². The van der Waals surface area contributed by atoms with Crippen LogP contribution in [0.4, 0.5) is 5.82 Å². The Morgan fingerprint density at radius 3 is 2.93 bits per heavy atom. The van der Waals surface area contributed by atoms with E-state index in [0.29, 0.717) is 17.8 Å². The second-order valence-electron chi connectivity index (χ2n) is 4.44. The number of nitrogen functional groups attached to an aromatic ring is 1. The molecule has 1 heterocycles. The van der Waals surface area contributed by atoms with Gasteiger partial charge in [0, 0.05) is 12.2 Å². The highest BCUT2D eigenvalue weighted by molar-refractivity contribution is 5.32. The van der Waals surface area contributed by atoms with E-state index in [2.05, 4.69) is 17.3 Å². The van der Waals surface area contributed by atoms with E-state index in [4.69, 9.17) is 11.6 Å². The van der Waals surface area contributed by atoms with Crippen LogP contribution in [-0.4, -0.2) is 11.0 Å². The van der Waals surface area contributed by atoms with Gasteiger partial charge in [-0.2, -0.15) is 0 Å². The third-order valence-electron chi connectivity index (χ3n) is 3.20. The summed E-state index contributed by atoms with van der Waals surface area (Å²) in [6.45, 7) is 2.26. The van der Waals surface area contributed by atoms with Crippen molar-refractivity contribution < 1.29 is 0 Å². The first-order valence-corrected chi connectivity index (χ1v) is 5.37. The standard InChI is InChI=1S/C11H18N4/c1-7-4-9(7)10(15-13)5-8-2-3-14-11(12)6-8/h2-3,6-7,9-10,15H,4-5,13H2,1H3,(H2,12,14). The topological polar surface area (TPSA) is 77.0 Å². The van der Waals surface area contributed by atoms with Crippen molar-refractivity contribution in [2.24, 2.45) is 17.7 Å². The van der Waals surface area contributed by atoms with Gasteiger partial charge in [-0.15, -0.1) is 0 Å². The Balaban J connectivity index is 2.00. The van der Waals surface area contributed by atoms with Crippen molar-refractivity contribution in [1.82, 2.24) is 10.4 Å². The zero-order valence-corrected chi connectivity index (χ0v) is 8.98. The predicted octanol–water partition coefficient (Wildman–Crippen LogP) is 0.694. The molecule has 0 aromatic carbocycles. The van der Waals surface area contributed by atoms with Crippen LogP contribution in [-0.2, 0) is 6.42 Å². The molecule has 1 saturated carbocycles. The summed E-state index contributed by atoms with van der Waals surface area (Å²) in [6, 6.07) is 4.27. The number of nitrogens with zero attached hydrogens (tertiary/aromatic N) is 1. The molecule has 1 aromatic rings. The second kappa shape index (κ2) is 4.16. The number of aromatic nitrogens is 1. The molecule has 5 N–H and O–H groups in total. The van der Waals surface area contributed by atoms with Gasteiger partial charge in [0.2, 0.25) is 0 Å². The van der Waals surface area contributed by atoms with E-state index in [1.165, 1.54) is 12.0 Å². The highest BCUT2D eigenvalue weighted by atomic mass is 15.2. The number of hydrogen-bond acceptors (Lipinski definition) is 4. The molecule has 1 aromatic heterocycles. The number of nitrogens with two attached hydrogens (primary N) is 2. The Labute approximate surface area is 90.0 Å². The monoisotopic (exact) mass is 206 g/mol. The van der Waals surface area contributed by atoms with E-state index in [0.717, 1.165) is 12.3 Å². The average Bonchev–Trinajstić information content (AvgIpc) is 2.92. The molecule has 0 aliphatic heterocycles. The van der Waals surface area contributed by atoms with Gasteiger partial charge in [0.1, 0.15) is 5.82 Å². The molecule has 0 bridgehead atoms. The quantitative estimate of drug-likeness (QED) is 0.500. The normalized spacial score (nSPS) is 26.3. The lowest BCUT2D eigenvalue weighted by molar-refractivity contribution is 0.454. The van der Waals surface area contributed by atoms with Gasteiger partial charge in [-0.3, -0.25) is 11.3 Å². The molecular formula is C11H18N4. The minimum atomic E-state index is 0.363. The zero-order valence-electron chi connectivity index (χ0n) is 8.98. The molecule has 1 aliphatic carbocycles. The van der Waals surface area contributed by atoms with Crippen LogP contribution in [0.5, 0.6) is 0 Å². The van der Waals surface area contributed by atoms with E-state index in [1.807, 2.05) is 12.1 Å². The molecule has 0 spiro atoms. The molecule has 82 valence electrons. The summed E-state index contributed by atoms with van der Waals surface area (Å²) in [5.41, 5.74) is 9.73. The van der Waals surface area contributed by atoms with Crippen molar-refractivity contribution in [2.75, 3.05) is 5.73 Å². The Bertz CT molecular complexity index is 339. The van der Waals surface area contributed by atoms with Crippen molar-refractivity contribution in [1.29, 1.82) is 0 Å². The van der Waals surface area contributed by atoms with Crippen LogP contribution in [0.3, 0.4) is 0 Å². The van der Waals surface area contributed by atoms with Crippen molar-refractivity contribution >= 4 is 5.82 Å². The summed E-state index contributed by atoms with van der Waals surface area (Å²) in [5.74, 6) is 7.65. The number of anilines is 1. The van der Waals surface area contributed by atoms with Crippen molar-refractivity contribution in [3.05, 3.63) is 23.9 Å². The van der Waals surface area contributed by atoms with Gasteiger partial charge in [-0.05, 0) is 42.4 Å². The number of hydrazine groups is 1. The van der Waals surface area contributed by atoms with Crippen LogP contribution in [0.15, 0.2) is 18.3 Å². The zero-order chi connectivity index (χ0) is 10.8. The second-order valence-corrected chi connectivity index (χ2v) is 4.44. The van der Waals surface area contributed by atoms with Crippen LogP contribution in [0.25, 0.3) is 0 Å². The van der Waals surface area contributed by atoms with Crippen molar-refractivity contribution in [3.63, 3.8) is 0 Å². The average molecular weight is 206 g/mol. The van der Waals surface area contributed by atoms with Crippen LogP contribution in [0.1, 0.15) is 18.9 Å². The van der Waals surface area contributed by atoms with Crippen LogP contribution < -0.4 is 17.0 Å². The number of hydrogen-bond donors (Lipinski definition) is 3. The van der Waals surface area contributed by atoms with E-state index >= 15 is 0 Å². The molecule has 1 fully saturated rings. The third kappa shape index (κ3) is 2.46. The molecule has 4 heteroatoms. The molecule has 0 radical (unpaired) electrons. The Hall–Kier alpha value is -1.13. The Kier molecular flexibility index (Phi) is 2.88. The lowest BCUT2D eigenvalue weighted by Gasteiger charge is -2.15. The van der Waals surface area contributed by atoms with Gasteiger partial charge in [-0.25, -0.2) is 4.98 Å². The summed E-state index contributed by atoms with van der Waals surface area (Å²) in [5, 5.41) is 0. The lowest BCUT2D eigenvalue weighted by Crippen LogP contribution is -2.38. The first kappa shape index (κ1) is 10.4. The molecular weight excluding hydrogens is 188 g/mol. The molecule has 3 atom stereocenters. The lowest BCUT2D eigenvalue weighted by atomic mass is 10.0. The Morgan fingerprint density at radius 1 is 1.67 bits per heavy atom. The van der Waals surface area contributed by atoms with Gasteiger partial charge in [0.25, 0.3) is 0 Å². The molecule has 2 rings (SSSR count). The van der Waals surface area contributed by atoms with Gasteiger partial charge >= 0.3 is 0 Å². The van der Waals surface area contributed by atoms with Gasteiger partial charge in [-0.1, -0.05) is 6.92 Å². The van der Waals surface area contributed by atoms with Crippen LogP contribution >= 0.6 is 0 Å². The SMILES string of the molecule is CC1CC1C(Cc1ccnc(N)c1)NN. The van der Waals surface area contributed by atoms with E-state index in [-0.39, 0.29) is 0 Å². The number of nitrogens with one attached hydrogen (secondary N) is 1. The summed E-state index contributed by atoms with van der Waals surface area (Å²) in [6.07, 6.45) is 3.95. The summed E-state index contributed by atoms with van der Waals surface area (Å²) in [4.78, 5) is 3.97. The molecule has 0 amide bonds. The van der Waals surface area contributed by atoms with E-state index < -0.39 is 0 Å². The predicted molar refractivity (Wildman–Crippen MR) is 60.7 cm³/mol. The first-order chi connectivity index (χ1) is 7.20. The number of rotatable bonds is 4. The largest absolute Gasteiger partial charge is 0.384 e. The Morgan fingerprint density at radius 2 is 2.40 bits per heavy atom. The van der Waals surface area contributed by atoms with Crippen molar-refractivity contribution in [2.45, 2.75) is 25.8 Å². The first-order valence-electron chi connectivity index (χ1n) is 5.37. The fourth-order valence-electron chi connectivity index (χ4n) is 2.12. The minimum Gasteiger partial charge on any atom is -0.384 e. The summed E-state index contributed by atoms with van der Waals surface area (Å²) >= 11 is 0.